The van der Waals surface area contributed by atoms with E-state index in [1.807, 2.05) is 11.3 Å². The molecule has 108 valence electrons. The Kier molecular flexibility index (Phi) is 8.30. The van der Waals surface area contributed by atoms with E-state index in [2.05, 4.69) is 53.6 Å². The number of likely N-dealkylation sites (N-methyl/N-ethyl adjacent to an activating group) is 1. The Morgan fingerprint density at radius 3 is 2.84 bits per heavy atom. The number of thiophene rings is 1. The summed E-state index contributed by atoms with van der Waals surface area (Å²) in [5.41, 5.74) is 0. The van der Waals surface area contributed by atoms with Gasteiger partial charge in [0.2, 0.25) is 0 Å². The SMILES string of the molecule is CCCCCN=C(NCC)N(C)CCc1cccs1. The summed E-state index contributed by atoms with van der Waals surface area (Å²) >= 11 is 1.83. The van der Waals surface area contributed by atoms with Crippen LogP contribution in [0.25, 0.3) is 0 Å². The summed E-state index contributed by atoms with van der Waals surface area (Å²) in [5, 5.41) is 5.51. The van der Waals surface area contributed by atoms with Gasteiger partial charge < -0.3 is 10.2 Å². The van der Waals surface area contributed by atoms with Crippen molar-refractivity contribution < 1.29 is 0 Å². The standard InChI is InChI=1S/C15H27N3S/c1-4-6-7-11-17-15(16-5-2)18(3)12-10-14-9-8-13-19-14/h8-9,13H,4-7,10-12H2,1-3H3,(H,16,17). The van der Waals surface area contributed by atoms with Crippen molar-refractivity contribution in [2.24, 2.45) is 4.99 Å². The zero-order chi connectivity index (χ0) is 13.9. The van der Waals surface area contributed by atoms with Crippen LogP contribution in [-0.4, -0.2) is 37.5 Å². The molecule has 0 aliphatic carbocycles. The van der Waals surface area contributed by atoms with E-state index < -0.39 is 0 Å². The molecular formula is C15H27N3S. The first-order valence-electron chi connectivity index (χ1n) is 7.29. The maximum Gasteiger partial charge on any atom is 0.193 e. The molecule has 0 atom stereocenters. The fourth-order valence-electron chi connectivity index (χ4n) is 1.86. The maximum absolute atomic E-state index is 4.69. The molecule has 1 heterocycles. The lowest BCUT2D eigenvalue weighted by Crippen LogP contribution is -2.40. The quantitative estimate of drug-likeness (QED) is 0.449. The summed E-state index contributed by atoms with van der Waals surface area (Å²) < 4.78 is 0. The van der Waals surface area contributed by atoms with Crippen LogP contribution >= 0.6 is 11.3 Å². The van der Waals surface area contributed by atoms with Crippen molar-refractivity contribution in [3.05, 3.63) is 22.4 Å². The van der Waals surface area contributed by atoms with Crippen molar-refractivity contribution >= 4 is 17.3 Å². The molecule has 3 nitrogen and oxygen atoms in total. The summed E-state index contributed by atoms with van der Waals surface area (Å²) in [7, 11) is 2.12. The summed E-state index contributed by atoms with van der Waals surface area (Å²) in [5.74, 6) is 1.04. The zero-order valence-corrected chi connectivity index (χ0v) is 13.3. The highest BCUT2D eigenvalue weighted by Gasteiger charge is 2.05. The van der Waals surface area contributed by atoms with Gasteiger partial charge in [0.05, 0.1) is 0 Å². The minimum Gasteiger partial charge on any atom is -0.357 e. The number of hydrogen-bond acceptors (Lipinski definition) is 2. The van der Waals surface area contributed by atoms with Crippen LogP contribution in [0.5, 0.6) is 0 Å². The molecule has 1 aromatic rings. The first kappa shape index (κ1) is 16.0. The third kappa shape index (κ3) is 6.62. The molecule has 0 saturated carbocycles. The van der Waals surface area contributed by atoms with E-state index in [1.54, 1.807) is 0 Å². The lowest BCUT2D eigenvalue weighted by molar-refractivity contribution is 0.486. The lowest BCUT2D eigenvalue weighted by atomic mass is 10.2. The first-order chi connectivity index (χ1) is 9.27. The number of nitrogens with zero attached hydrogens (tertiary/aromatic N) is 2. The van der Waals surface area contributed by atoms with E-state index in [-0.39, 0.29) is 0 Å². The number of guanidine groups is 1. The first-order valence-corrected chi connectivity index (χ1v) is 8.17. The summed E-state index contributed by atoms with van der Waals surface area (Å²) in [6, 6.07) is 4.31. The van der Waals surface area contributed by atoms with Gasteiger partial charge in [0.1, 0.15) is 0 Å². The molecule has 0 aromatic carbocycles. The van der Waals surface area contributed by atoms with E-state index in [4.69, 9.17) is 0 Å². The van der Waals surface area contributed by atoms with Gasteiger partial charge in [0.25, 0.3) is 0 Å². The van der Waals surface area contributed by atoms with Gasteiger partial charge in [-0.2, -0.15) is 0 Å². The molecule has 0 aliphatic heterocycles. The molecule has 0 saturated heterocycles. The van der Waals surface area contributed by atoms with Gasteiger partial charge in [-0.25, -0.2) is 0 Å². The fraction of sp³-hybridized carbons (Fsp3) is 0.667. The van der Waals surface area contributed by atoms with Crippen LogP contribution in [-0.2, 0) is 6.42 Å². The van der Waals surface area contributed by atoms with Crippen LogP contribution < -0.4 is 5.32 Å². The Morgan fingerprint density at radius 1 is 1.37 bits per heavy atom. The van der Waals surface area contributed by atoms with E-state index in [0.29, 0.717) is 0 Å². The van der Waals surface area contributed by atoms with Crippen LogP contribution in [0.2, 0.25) is 0 Å². The molecular weight excluding hydrogens is 254 g/mol. The Hall–Kier alpha value is -1.03. The molecule has 4 heteroatoms. The van der Waals surface area contributed by atoms with Crippen LogP contribution in [0.3, 0.4) is 0 Å². The Morgan fingerprint density at radius 2 is 2.21 bits per heavy atom. The maximum atomic E-state index is 4.69. The predicted molar refractivity (Wildman–Crippen MR) is 86.2 cm³/mol. The van der Waals surface area contributed by atoms with E-state index in [0.717, 1.165) is 32.0 Å². The van der Waals surface area contributed by atoms with Crippen molar-refractivity contribution in [3.63, 3.8) is 0 Å². The van der Waals surface area contributed by atoms with Gasteiger partial charge >= 0.3 is 0 Å². The summed E-state index contributed by atoms with van der Waals surface area (Å²) in [4.78, 5) is 8.36. The smallest absolute Gasteiger partial charge is 0.193 e. The number of hydrogen-bond donors (Lipinski definition) is 1. The molecule has 1 N–H and O–H groups in total. The number of nitrogens with one attached hydrogen (secondary N) is 1. The van der Waals surface area contributed by atoms with Crippen LogP contribution in [0.4, 0.5) is 0 Å². The third-order valence-corrected chi connectivity index (χ3v) is 3.93. The zero-order valence-electron chi connectivity index (χ0n) is 12.5. The second kappa shape index (κ2) is 9.84. The molecule has 0 unspecified atom stereocenters. The highest BCUT2D eigenvalue weighted by Crippen LogP contribution is 2.09. The van der Waals surface area contributed by atoms with E-state index in [9.17, 15) is 0 Å². The minimum absolute atomic E-state index is 0.927. The van der Waals surface area contributed by atoms with Crippen molar-refractivity contribution in [1.82, 2.24) is 10.2 Å². The van der Waals surface area contributed by atoms with Crippen molar-refractivity contribution in [1.29, 1.82) is 0 Å². The van der Waals surface area contributed by atoms with Gasteiger partial charge in [-0.3, -0.25) is 4.99 Å². The van der Waals surface area contributed by atoms with Crippen LogP contribution in [0.1, 0.15) is 38.0 Å². The van der Waals surface area contributed by atoms with Gasteiger partial charge in [0.15, 0.2) is 5.96 Å². The average Bonchev–Trinajstić information content (AvgIpc) is 2.93. The summed E-state index contributed by atoms with van der Waals surface area (Å²) in [6.07, 6.45) is 4.79. The molecule has 0 bridgehead atoms. The predicted octanol–water partition coefficient (Wildman–Crippen LogP) is 3.38. The normalized spacial score (nSPS) is 11.6. The number of rotatable bonds is 8. The molecule has 1 rings (SSSR count). The molecule has 1 aromatic heterocycles. The monoisotopic (exact) mass is 281 g/mol. The van der Waals surface area contributed by atoms with Gasteiger partial charge in [-0.15, -0.1) is 11.3 Å². The van der Waals surface area contributed by atoms with Gasteiger partial charge in [-0.05, 0) is 31.2 Å². The largest absolute Gasteiger partial charge is 0.357 e. The second-order valence-corrected chi connectivity index (χ2v) is 5.73. The van der Waals surface area contributed by atoms with E-state index in [1.165, 1.54) is 24.1 Å². The molecule has 0 radical (unpaired) electrons. The van der Waals surface area contributed by atoms with Crippen LogP contribution in [0.15, 0.2) is 22.5 Å². The Balaban J connectivity index is 2.40. The Labute approximate surface area is 121 Å². The van der Waals surface area contributed by atoms with Crippen molar-refractivity contribution in [2.75, 3.05) is 26.7 Å². The van der Waals surface area contributed by atoms with Gasteiger partial charge in [0, 0.05) is 31.6 Å². The molecule has 0 aliphatic rings. The van der Waals surface area contributed by atoms with Gasteiger partial charge in [-0.1, -0.05) is 25.8 Å². The average molecular weight is 281 g/mol. The number of aliphatic imine (C=N–C) groups is 1. The number of unbranched alkanes of at least 4 members (excludes halogenated alkanes) is 2. The molecule has 19 heavy (non-hydrogen) atoms. The fourth-order valence-corrected chi connectivity index (χ4v) is 2.55. The topological polar surface area (TPSA) is 27.6 Å². The summed E-state index contributed by atoms with van der Waals surface area (Å²) in [6.45, 7) is 7.21. The minimum atomic E-state index is 0.927. The Bertz CT molecular complexity index is 346. The molecule has 0 amide bonds. The molecule has 0 fully saturated rings. The highest BCUT2D eigenvalue weighted by atomic mass is 32.1. The molecule has 0 spiro atoms. The van der Waals surface area contributed by atoms with Crippen molar-refractivity contribution in [2.45, 2.75) is 39.5 Å². The van der Waals surface area contributed by atoms with Crippen molar-refractivity contribution in [3.8, 4) is 0 Å². The highest BCUT2D eigenvalue weighted by molar-refractivity contribution is 7.09. The van der Waals surface area contributed by atoms with E-state index >= 15 is 0 Å². The van der Waals surface area contributed by atoms with Crippen LogP contribution in [0, 0.1) is 0 Å². The third-order valence-electron chi connectivity index (χ3n) is 2.99. The second-order valence-electron chi connectivity index (χ2n) is 4.69. The lowest BCUT2D eigenvalue weighted by Gasteiger charge is -2.21.